The number of methoxy groups -OCH3 is 1. The van der Waals surface area contributed by atoms with E-state index in [1.807, 2.05) is 19.1 Å². The fraction of sp³-hybridized carbons (Fsp3) is 0.0741. The Morgan fingerprint density at radius 3 is 2.00 bits per heavy atom. The highest BCUT2D eigenvalue weighted by molar-refractivity contribution is 6.05. The number of hydrogen-bond donors (Lipinski definition) is 2. The minimum atomic E-state index is -0.666. The molecule has 12 nitrogen and oxygen atoms in total. The summed E-state index contributed by atoms with van der Waals surface area (Å²) in [4.78, 5) is 47.8. The normalized spacial score (nSPS) is 9.97. The Labute approximate surface area is 226 Å². The van der Waals surface area contributed by atoms with Crippen molar-refractivity contribution in [1.29, 1.82) is 0 Å². The molecule has 1 heterocycles. The maximum atomic E-state index is 13.5. The van der Waals surface area contributed by atoms with Crippen LogP contribution in [-0.4, -0.2) is 33.8 Å². The maximum absolute atomic E-state index is 13.5. The van der Waals surface area contributed by atoms with Crippen molar-refractivity contribution >= 4 is 34.7 Å². The zero-order valence-corrected chi connectivity index (χ0v) is 21.2. The predicted molar refractivity (Wildman–Crippen MR) is 144 cm³/mol. The van der Waals surface area contributed by atoms with Crippen LogP contribution in [0.1, 0.15) is 26.3 Å². The maximum Gasteiger partial charge on any atom is 0.287 e. The van der Waals surface area contributed by atoms with Crippen molar-refractivity contribution in [2.45, 2.75) is 6.92 Å². The van der Waals surface area contributed by atoms with E-state index in [-0.39, 0.29) is 40.1 Å². The van der Waals surface area contributed by atoms with E-state index in [0.29, 0.717) is 5.56 Å². The Morgan fingerprint density at radius 2 is 1.43 bits per heavy atom. The Morgan fingerprint density at radius 1 is 0.825 bits per heavy atom. The molecule has 4 aromatic rings. The van der Waals surface area contributed by atoms with Gasteiger partial charge in [-0.3, -0.25) is 29.8 Å². The number of non-ortho nitro benzene ring substituents is 1. The summed E-state index contributed by atoms with van der Waals surface area (Å²) in [5.41, 5.74) is 1.20. The lowest BCUT2D eigenvalue weighted by atomic mass is 10.1. The second-order valence-electron chi connectivity index (χ2n) is 8.00. The second-order valence-corrected chi connectivity index (χ2v) is 8.00. The first-order valence-corrected chi connectivity index (χ1v) is 11.5. The number of aryl methyl sites for hydroxylation is 1. The summed E-state index contributed by atoms with van der Waals surface area (Å²) >= 11 is 0. The van der Waals surface area contributed by atoms with Crippen LogP contribution in [0.3, 0.4) is 0 Å². The number of pyridine rings is 1. The fourth-order valence-electron chi connectivity index (χ4n) is 3.31. The van der Waals surface area contributed by atoms with Crippen molar-refractivity contribution in [1.82, 2.24) is 4.98 Å². The van der Waals surface area contributed by atoms with Gasteiger partial charge in [0.25, 0.3) is 23.2 Å². The van der Waals surface area contributed by atoms with Gasteiger partial charge < -0.3 is 15.4 Å². The predicted octanol–water partition coefficient (Wildman–Crippen LogP) is 5.55. The van der Waals surface area contributed by atoms with Gasteiger partial charge in [-0.2, -0.15) is 0 Å². The lowest BCUT2D eigenvalue weighted by Gasteiger charge is -2.10. The summed E-state index contributed by atoms with van der Waals surface area (Å²) in [5.74, 6) is -1.22. The molecular formula is C27H22FN5O7. The molecule has 0 atom stereocenters. The van der Waals surface area contributed by atoms with Gasteiger partial charge in [0, 0.05) is 17.7 Å². The first-order chi connectivity index (χ1) is 19.1. The molecule has 0 aliphatic rings. The minimum absolute atomic E-state index is 0.117. The number of amides is 2. The molecule has 0 radical (unpaired) electrons. The quantitative estimate of drug-likeness (QED) is 0.224. The highest BCUT2D eigenvalue weighted by atomic mass is 19.1. The van der Waals surface area contributed by atoms with Gasteiger partial charge in [0.15, 0.2) is 0 Å². The van der Waals surface area contributed by atoms with Crippen molar-refractivity contribution in [2.24, 2.45) is 0 Å². The van der Waals surface area contributed by atoms with Crippen LogP contribution in [0.5, 0.6) is 5.75 Å². The zero-order chi connectivity index (χ0) is 29.2. The first kappa shape index (κ1) is 28.8. The smallest absolute Gasteiger partial charge is 0.287 e. The minimum Gasteiger partial charge on any atom is -0.494 e. The topological polar surface area (TPSA) is 167 Å². The molecule has 2 amide bonds. The van der Waals surface area contributed by atoms with Crippen molar-refractivity contribution < 1.29 is 28.6 Å². The van der Waals surface area contributed by atoms with E-state index in [1.165, 1.54) is 61.7 Å². The molecule has 0 aliphatic heterocycles. The zero-order valence-electron chi connectivity index (χ0n) is 21.2. The summed E-state index contributed by atoms with van der Waals surface area (Å²) in [6.45, 7) is 1.83. The average Bonchev–Trinajstić information content (AvgIpc) is 2.94. The number of carbonyl (C=O) groups excluding carboxylic acids is 2. The van der Waals surface area contributed by atoms with E-state index in [9.17, 15) is 34.2 Å². The molecule has 0 saturated heterocycles. The number of anilines is 2. The van der Waals surface area contributed by atoms with E-state index >= 15 is 0 Å². The number of carbonyl (C=O) groups is 2. The largest absolute Gasteiger partial charge is 0.494 e. The van der Waals surface area contributed by atoms with Gasteiger partial charge in [0.2, 0.25) is 0 Å². The molecule has 4 rings (SSSR count). The summed E-state index contributed by atoms with van der Waals surface area (Å²) in [5, 5.41) is 26.2. The molecule has 204 valence electrons. The van der Waals surface area contributed by atoms with Crippen molar-refractivity contribution in [3.8, 4) is 5.75 Å². The number of benzene rings is 3. The van der Waals surface area contributed by atoms with Crippen LogP contribution in [0, 0.1) is 33.0 Å². The molecule has 0 spiro atoms. The summed E-state index contributed by atoms with van der Waals surface area (Å²) < 4.78 is 18.5. The van der Waals surface area contributed by atoms with Crippen LogP contribution >= 0.6 is 0 Å². The summed E-state index contributed by atoms with van der Waals surface area (Å²) in [7, 11) is 1.32. The Balaban J connectivity index is 0.000000222. The van der Waals surface area contributed by atoms with E-state index in [2.05, 4.69) is 15.6 Å². The van der Waals surface area contributed by atoms with Gasteiger partial charge in [-0.25, -0.2) is 9.37 Å². The lowest BCUT2D eigenvalue weighted by molar-refractivity contribution is -0.385. The number of nitro benzene ring substituents is 1. The van der Waals surface area contributed by atoms with Gasteiger partial charge >= 0.3 is 0 Å². The van der Waals surface area contributed by atoms with Gasteiger partial charge in [0.05, 0.1) is 34.3 Å². The number of nitro groups is 2. The fourth-order valence-corrected chi connectivity index (χ4v) is 3.31. The molecule has 13 heteroatoms. The molecule has 0 bridgehead atoms. The Hall–Kier alpha value is -5.72. The molecule has 0 saturated carbocycles. The van der Waals surface area contributed by atoms with Crippen molar-refractivity contribution in [3.05, 3.63) is 128 Å². The number of rotatable bonds is 7. The molecule has 1 aromatic heterocycles. The van der Waals surface area contributed by atoms with E-state index < -0.39 is 21.6 Å². The van der Waals surface area contributed by atoms with Gasteiger partial charge in [-0.15, -0.1) is 0 Å². The van der Waals surface area contributed by atoms with Crippen LogP contribution in [-0.2, 0) is 0 Å². The molecule has 0 fully saturated rings. The molecular weight excluding hydrogens is 525 g/mol. The summed E-state index contributed by atoms with van der Waals surface area (Å²) in [6.07, 6.45) is 1.10. The van der Waals surface area contributed by atoms with Crippen LogP contribution < -0.4 is 15.4 Å². The number of aromatic nitrogens is 1. The standard InChI is InChI=1S/C14H11FN2O4.C13H11N3O3/c1-21-13-8-9(17(19)20)6-7-12(13)16-14(18)10-4-2-3-5-11(10)15;1-9-4-2-3-5-11(9)13(17)15-12-7-6-10(8-14-12)16(18)19/h2-8H,1H3,(H,16,18);2-8H,1H3,(H,14,15,17). The molecule has 0 aliphatic carbocycles. The van der Waals surface area contributed by atoms with Crippen molar-refractivity contribution in [3.63, 3.8) is 0 Å². The highest BCUT2D eigenvalue weighted by Gasteiger charge is 2.16. The molecule has 40 heavy (non-hydrogen) atoms. The number of nitrogens with zero attached hydrogens (tertiary/aromatic N) is 3. The molecule has 2 N–H and O–H groups in total. The molecule has 0 unspecified atom stereocenters. The number of ether oxygens (including phenoxy) is 1. The average molecular weight is 547 g/mol. The molecule has 3 aromatic carbocycles. The lowest BCUT2D eigenvalue weighted by Crippen LogP contribution is -2.14. The van der Waals surface area contributed by atoms with Crippen LogP contribution in [0.25, 0.3) is 0 Å². The van der Waals surface area contributed by atoms with Gasteiger partial charge in [-0.1, -0.05) is 30.3 Å². The number of halogens is 1. The third-order valence-corrected chi connectivity index (χ3v) is 5.35. The van der Waals surface area contributed by atoms with Crippen LogP contribution in [0.2, 0.25) is 0 Å². The van der Waals surface area contributed by atoms with E-state index in [4.69, 9.17) is 4.74 Å². The van der Waals surface area contributed by atoms with Gasteiger partial charge in [-0.05, 0) is 42.8 Å². The number of hydrogen-bond acceptors (Lipinski definition) is 8. The van der Waals surface area contributed by atoms with Crippen molar-refractivity contribution in [2.75, 3.05) is 17.7 Å². The monoisotopic (exact) mass is 547 g/mol. The third-order valence-electron chi connectivity index (χ3n) is 5.35. The SMILES string of the molecule is COc1cc([N+](=O)[O-])ccc1NC(=O)c1ccccc1F.Cc1ccccc1C(=O)Nc1ccc([N+](=O)[O-])cn1. The third kappa shape index (κ3) is 7.41. The van der Waals surface area contributed by atoms with E-state index in [0.717, 1.165) is 11.8 Å². The summed E-state index contributed by atoms with van der Waals surface area (Å²) in [6, 6.07) is 19.1. The second kappa shape index (κ2) is 13.2. The van der Waals surface area contributed by atoms with Crippen LogP contribution in [0.15, 0.2) is 85.1 Å². The first-order valence-electron chi connectivity index (χ1n) is 11.5. The Bertz CT molecular complexity index is 1560. The van der Waals surface area contributed by atoms with E-state index in [1.54, 1.807) is 12.1 Å². The van der Waals surface area contributed by atoms with Crippen LogP contribution in [0.4, 0.5) is 27.3 Å². The Kier molecular flexibility index (Phi) is 9.51. The highest BCUT2D eigenvalue weighted by Crippen LogP contribution is 2.29. The van der Waals surface area contributed by atoms with Gasteiger partial charge in [0.1, 0.15) is 23.6 Å². The number of nitrogens with one attached hydrogen (secondary N) is 2.